The number of alkyl halides is 3. The number of ether oxygens (including phenoxy) is 3. The second-order valence-electron chi connectivity index (χ2n) is 7.13. The number of halogens is 3. The first-order chi connectivity index (χ1) is 16.1. The lowest BCUT2D eigenvalue weighted by molar-refractivity contribution is -0.147. The molecule has 0 unspecified atom stereocenters. The van der Waals surface area contributed by atoms with Crippen molar-refractivity contribution >= 4 is 34.0 Å². The van der Waals surface area contributed by atoms with Crippen LogP contribution in [0.3, 0.4) is 0 Å². The molecule has 0 spiro atoms. The number of nitrogens with zero attached hydrogens (tertiary/aromatic N) is 2. The summed E-state index contributed by atoms with van der Waals surface area (Å²) in [5.41, 5.74) is 0.447. The average Bonchev–Trinajstić information content (AvgIpc) is 3.24. The largest absolute Gasteiger partial charge is 0.493 e. The molecule has 1 heterocycles. The van der Waals surface area contributed by atoms with Gasteiger partial charge in [0.25, 0.3) is 0 Å². The van der Waals surface area contributed by atoms with Gasteiger partial charge in [-0.15, -0.1) is 11.3 Å². The molecule has 3 aromatic rings. The Labute approximate surface area is 197 Å². The number of amides is 1. The fourth-order valence-electron chi connectivity index (χ4n) is 2.94. The van der Waals surface area contributed by atoms with Crippen LogP contribution in [0.1, 0.15) is 23.7 Å². The van der Waals surface area contributed by atoms with Crippen molar-refractivity contribution in [3.8, 4) is 11.5 Å². The molecule has 1 aromatic heterocycles. The lowest BCUT2D eigenvalue weighted by Gasteiger charge is -2.19. The van der Waals surface area contributed by atoms with E-state index in [4.69, 9.17) is 14.2 Å². The topological polar surface area (TPSA) is 78.0 Å². The Hall–Kier alpha value is -3.60. The molecule has 1 amide bonds. The van der Waals surface area contributed by atoms with Gasteiger partial charge in [0.05, 0.1) is 24.1 Å². The van der Waals surface area contributed by atoms with Crippen LogP contribution < -0.4 is 14.4 Å². The van der Waals surface area contributed by atoms with Gasteiger partial charge in [-0.25, -0.2) is 9.78 Å². The van der Waals surface area contributed by atoms with Crippen LogP contribution >= 0.6 is 11.3 Å². The van der Waals surface area contributed by atoms with Gasteiger partial charge in [0.1, 0.15) is 6.61 Å². The first-order valence-electron chi connectivity index (χ1n) is 9.94. The van der Waals surface area contributed by atoms with Gasteiger partial charge in [-0.2, -0.15) is 13.2 Å². The van der Waals surface area contributed by atoms with Crippen LogP contribution in [0.4, 0.5) is 24.0 Å². The summed E-state index contributed by atoms with van der Waals surface area (Å²) in [6.45, 7) is 2.55. The minimum atomic E-state index is -4.55. The predicted octanol–water partition coefficient (Wildman–Crippen LogP) is 5.29. The Morgan fingerprint density at radius 3 is 2.56 bits per heavy atom. The van der Waals surface area contributed by atoms with Gasteiger partial charge in [0.15, 0.2) is 23.2 Å². The summed E-state index contributed by atoms with van der Waals surface area (Å²) in [5.74, 6) is -0.300. The molecule has 3 rings (SSSR count). The van der Waals surface area contributed by atoms with Crippen LogP contribution in [0, 0.1) is 6.92 Å². The van der Waals surface area contributed by atoms with Crippen molar-refractivity contribution in [2.45, 2.75) is 26.6 Å². The number of aryl methyl sites for hydroxylation is 1. The number of hydrogen-bond donors (Lipinski definition) is 0. The van der Waals surface area contributed by atoms with Crippen LogP contribution in [-0.4, -0.2) is 30.6 Å². The summed E-state index contributed by atoms with van der Waals surface area (Å²) >= 11 is 1.04. The van der Waals surface area contributed by atoms with E-state index in [0.717, 1.165) is 33.9 Å². The van der Waals surface area contributed by atoms with Crippen molar-refractivity contribution in [2.75, 3.05) is 18.6 Å². The maximum Gasteiger partial charge on any atom is 0.416 e. The SMILES string of the molecule is COc1cc(C)ccc1OCC(=O)OCc1csc(N(C(C)=O)c2cccc(C(F)(F)F)c2)n1. The van der Waals surface area contributed by atoms with Crippen molar-refractivity contribution in [1.82, 2.24) is 4.98 Å². The van der Waals surface area contributed by atoms with Gasteiger partial charge in [0, 0.05) is 12.3 Å². The zero-order valence-corrected chi connectivity index (χ0v) is 19.3. The van der Waals surface area contributed by atoms with Crippen LogP contribution in [0.15, 0.2) is 47.8 Å². The monoisotopic (exact) mass is 494 g/mol. The maximum atomic E-state index is 13.1. The second kappa shape index (κ2) is 10.6. The van der Waals surface area contributed by atoms with Crippen LogP contribution in [0.25, 0.3) is 0 Å². The van der Waals surface area contributed by atoms with E-state index in [0.29, 0.717) is 17.2 Å². The Balaban J connectivity index is 1.64. The molecule has 11 heteroatoms. The van der Waals surface area contributed by atoms with E-state index in [1.807, 2.05) is 13.0 Å². The first-order valence-corrected chi connectivity index (χ1v) is 10.8. The van der Waals surface area contributed by atoms with E-state index < -0.39 is 23.6 Å². The molecule has 7 nitrogen and oxygen atoms in total. The second-order valence-corrected chi connectivity index (χ2v) is 7.96. The number of benzene rings is 2. The number of carbonyl (C=O) groups is 2. The van der Waals surface area contributed by atoms with E-state index in [-0.39, 0.29) is 24.0 Å². The fraction of sp³-hybridized carbons (Fsp3) is 0.261. The molecule has 2 aromatic carbocycles. The number of aromatic nitrogens is 1. The van der Waals surface area contributed by atoms with Crippen molar-refractivity contribution in [3.63, 3.8) is 0 Å². The number of rotatable bonds is 8. The predicted molar refractivity (Wildman–Crippen MR) is 119 cm³/mol. The van der Waals surface area contributed by atoms with Gasteiger partial charge in [0.2, 0.25) is 5.91 Å². The highest BCUT2D eigenvalue weighted by Gasteiger charge is 2.31. The van der Waals surface area contributed by atoms with Gasteiger partial charge in [-0.05, 0) is 42.8 Å². The highest BCUT2D eigenvalue weighted by Crippen LogP contribution is 2.35. The fourth-order valence-corrected chi connectivity index (χ4v) is 3.81. The molecule has 34 heavy (non-hydrogen) atoms. The number of esters is 1. The van der Waals surface area contributed by atoms with Gasteiger partial charge >= 0.3 is 12.1 Å². The average molecular weight is 494 g/mol. The summed E-state index contributed by atoms with van der Waals surface area (Å²) < 4.78 is 55.0. The van der Waals surface area contributed by atoms with Crippen LogP contribution in [0.5, 0.6) is 11.5 Å². The van der Waals surface area contributed by atoms with Gasteiger partial charge in [-0.1, -0.05) is 12.1 Å². The lowest BCUT2D eigenvalue weighted by Crippen LogP contribution is -2.23. The zero-order chi connectivity index (χ0) is 24.9. The molecule has 0 bridgehead atoms. The Kier molecular flexibility index (Phi) is 7.77. The summed E-state index contributed by atoms with van der Waals surface area (Å²) in [7, 11) is 1.49. The zero-order valence-electron chi connectivity index (χ0n) is 18.5. The highest BCUT2D eigenvalue weighted by atomic mass is 32.1. The molecule has 0 N–H and O–H groups in total. The molecule has 0 radical (unpaired) electrons. The molecule has 0 fully saturated rings. The molecule has 0 aliphatic heterocycles. The van der Waals surface area contributed by atoms with Crippen LogP contribution in [0.2, 0.25) is 0 Å². The number of methoxy groups -OCH3 is 1. The minimum absolute atomic E-state index is 0.0284. The van der Waals surface area contributed by atoms with Crippen LogP contribution in [-0.2, 0) is 27.1 Å². The standard InChI is InChI=1S/C23H21F3N2O5S/c1-14-7-8-19(20(9-14)31-3)32-12-21(30)33-11-17-13-34-22(27-17)28(15(2)29)18-6-4-5-16(10-18)23(24,25)26/h4-10,13H,11-12H2,1-3H3. The molecular formula is C23H21F3N2O5S. The quantitative estimate of drug-likeness (QED) is 0.396. The van der Waals surface area contributed by atoms with Crippen molar-refractivity contribution < 1.29 is 37.0 Å². The van der Waals surface area contributed by atoms with E-state index in [1.54, 1.807) is 17.5 Å². The third-order valence-corrected chi connectivity index (χ3v) is 5.40. The van der Waals surface area contributed by atoms with Gasteiger partial charge in [-0.3, -0.25) is 9.69 Å². The van der Waals surface area contributed by atoms with Crippen molar-refractivity contribution in [3.05, 3.63) is 64.7 Å². The third kappa shape index (κ3) is 6.25. The summed E-state index contributed by atoms with van der Waals surface area (Å²) in [5, 5.41) is 1.70. The molecule has 0 atom stereocenters. The normalized spacial score (nSPS) is 11.1. The van der Waals surface area contributed by atoms with Crippen molar-refractivity contribution in [2.24, 2.45) is 0 Å². The molecule has 0 saturated carbocycles. The number of hydrogen-bond acceptors (Lipinski definition) is 7. The van der Waals surface area contributed by atoms with Gasteiger partial charge < -0.3 is 14.2 Å². The van der Waals surface area contributed by atoms with E-state index in [9.17, 15) is 22.8 Å². The Bertz CT molecular complexity index is 1180. The van der Waals surface area contributed by atoms with Crippen molar-refractivity contribution in [1.29, 1.82) is 0 Å². The third-order valence-electron chi connectivity index (χ3n) is 4.52. The maximum absolute atomic E-state index is 13.1. The minimum Gasteiger partial charge on any atom is -0.493 e. The Morgan fingerprint density at radius 2 is 1.88 bits per heavy atom. The van der Waals surface area contributed by atoms with E-state index in [2.05, 4.69) is 4.98 Å². The number of thiazole rings is 1. The molecule has 180 valence electrons. The molecular weight excluding hydrogens is 473 g/mol. The number of anilines is 2. The first kappa shape index (κ1) is 25.0. The molecule has 0 aliphatic rings. The molecule has 0 saturated heterocycles. The number of carbonyl (C=O) groups excluding carboxylic acids is 2. The smallest absolute Gasteiger partial charge is 0.416 e. The summed E-state index contributed by atoms with van der Waals surface area (Å²) in [4.78, 5) is 29.5. The summed E-state index contributed by atoms with van der Waals surface area (Å²) in [6, 6.07) is 9.65. The highest BCUT2D eigenvalue weighted by molar-refractivity contribution is 7.14. The summed E-state index contributed by atoms with van der Waals surface area (Å²) in [6.07, 6.45) is -4.55. The molecule has 0 aliphatic carbocycles. The lowest BCUT2D eigenvalue weighted by atomic mass is 10.2. The van der Waals surface area contributed by atoms with E-state index >= 15 is 0 Å². The van der Waals surface area contributed by atoms with E-state index in [1.165, 1.54) is 26.2 Å². The Morgan fingerprint density at radius 1 is 1.12 bits per heavy atom.